The molecule has 0 aliphatic carbocycles. The molecule has 2 aliphatic heterocycles. The molecular weight excluding hydrogens is 473 g/mol. The van der Waals surface area contributed by atoms with Crippen LogP contribution in [-0.4, -0.2) is 49.2 Å². The van der Waals surface area contributed by atoms with Gasteiger partial charge in [0.25, 0.3) is 0 Å². The SMILES string of the molecule is CCOC(=O)[C@H]1C[C@H](C2=C(C(=O)OC)C(c3cccc(F)c3Cl)N=C(c3nccs3)N2)CO1. The van der Waals surface area contributed by atoms with Crippen molar-refractivity contribution >= 4 is 40.7 Å². The highest BCUT2D eigenvalue weighted by molar-refractivity contribution is 7.11. The molecule has 1 unspecified atom stereocenters. The van der Waals surface area contributed by atoms with Crippen molar-refractivity contribution in [1.82, 2.24) is 10.3 Å². The Morgan fingerprint density at radius 2 is 2.21 bits per heavy atom. The monoisotopic (exact) mass is 493 g/mol. The maximum Gasteiger partial charge on any atom is 0.338 e. The Morgan fingerprint density at radius 1 is 1.39 bits per heavy atom. The predicted octanol–water partition coefficient (Wildman–Crippen LogP) is 3.42. The third-order valence-electron chi connectivity index (χ3n) is 5.35. The van der Waals surface area contributed by atoms with Gasteiger partial charge in [-0.2, -0.15) is 0 Å². The molecule has 0 spiro atoms. The Morgan fingerprint density at radius 3 is 2.91 bits per heavy atom. The second-order valence-electron chi connectivity index (χ2n) is 7.31. The zero-order valence-electron chi connectivity index (χ0n) is 17.8. The maximum atomic E-state index is 14.3. The van der Waals surface area contributed by atoms with E-state index in [1.165, 1.54) is 30.6 Å². The van der Waals surface area contributed by atoms with E-state index in [0.29, 0.717) is 22.1 Å². The lowest BCUT2D eigenvalue weighted by atomic mass is 9.89. The van der Waals surface area contributed by atoms with Crippen LogP contribution in [0.3, 0.4) is 0 Å². The van der Waals surface area contributed by atoms with E-state index in [-0.39, 0.29) is 36.1 Å². The molecule has 1 saturated heterocycles. The van der Waals surface area contributed by atoms with Crippen LogP contribution in [0.15, 0.2) is 46.0 Å². The van der Waals surface area contributed by atoms with Crippen molar-refractivity contribution in [2.24, 2.45) is 10.9 Å². The Balaban J connectivity index is 1.82. The quantitative estimate of drug-likeness (QED) is 0.615. The standard InChI is InChI=1S/C22H21ClFN3O5S/c1-3-31-21(28)14-9-11(10-32-14)17-15(22(29)30-2)18(12-5-4-6-13(24)16(12)23)27-19(26-17)20-25-7-8-33-20/h4-8,11,14,18H,3,9-10H2,1-2H3,(H,26,27)/t11-,14+,18?/m0/s1. The number of aliphatic imine (C=N–C) groups is 1. The molecule has 33 heavy (non-hydrogen) atoms. The van der Waals surface area contributed by atoms with Crippen LogP contribution in [0, 0.1) is 11.7 Å². The van der Waals surface area contributed by atoms with Crippen molar-refractivity contribution in [3.8, 4) is 0 Å². The fourth-order valence-electron chi connectivity index (χ4n) is 3.85. The number of hydrogen-bond acceptors (Lipinski definition) is 9. The number of carbonyl (C=O) groups excluding carboxylic acids is 2. The van der Waals surface area contributed by atoms with E-state index in [1.54, 1.807) is 24.6 Å². The van der Waals surface area contributed by atoms with Crippen LogP contribution < -0.4 is 5.32 Å². The Kier molecular flexibility index (Phi) is 7.06. The predicted molar refractivity (Wildman–Crippen MR) is 119 cm³/mol. The lowest BCUT2D eigenvalue weighted by Crippen LogP contribution is -2.37. The van der Waals surface area contributed by atoms with Crippen LogP contribution in [0.1, 0.15) is 30.0 Å². The summed E-state index contributed by atoms with van der Waals surface area (Å²) in [4.78, 5) is 34.1. The van der Waals surface area contributed by atoms with Gasteiger partial charge in [0.1, 0.15) is 11.9 Å². The number of carbonyl (C=O) groups is 2. The molecule has 1 aromatic heterocycles. The van der Waals surface area contributed by atoms with E-state index in [4.69, 9.17) is 25.8 Å². The van der Waals surface area contributed by atoms with Gasteiger partial charge in [0, 0.05) is 28.8 Å². The first-order valence-corrected chi connectivity index (χ1v) is 11.5. The third-order valence-corrected chi connectivity index (χ3v) is 6.52. The Labute approximate surface area is 198 Å². The van der Waals surface area contributed by atoms with Gasteiger partial charge in [-0.05, 0) is 19.4 Å². The van der Waals surface area contributed by atoms with Crippen molar-refractivity contribution in [1.29, 1.82) is 0 Å². The largest absolute Gasteiger partial charge is 0.466 e. The number of benzene rings is 1. The summed E-state index contributed by atoms with van der Waals surface area (Å²) in [5.41, 5.74) is 0.952. The molecule has 2 aliphatic rings. The van der Waals surface area contributed by atoms with Gasteiger partial charge in [-0.1, -0.05) is 23.7 Å². The van der Waals surface area contributed by atoms with E-state index < -0.39 is 29.9 Å². The minimum absolute atomic E-state index is 0.139. The summed E-state index contributed by atoms with van der Waals surface area (Å²) in [5, 5.41) is 5.43. The van der Waals surface area contributed by atoms with Gasteiger partial charge in [0.15, 0.2) is 16.9 Å². The first kappa shape index (κ1) is 23.3. The summed E-state index contributed by atoms with van der Waals surface area (Å²) in [6, 6.07) is 3.39. The van der Waals surface area contributed by atoms with E-state index in [2.05, 4.69) is 15.3 Å². The van der Waals surface area contributed by atoms with E-state index in [9.17, 15) is 14.0 Å². The van der Waals surface area contributed by atoms with Crippen LogP contribution in [0.5, 0.6) is 0 Å². The Hall–Kier alpha value is -2.82. The van der Waals surface area contributed by atoms with Crippen molar-refractivity contribution < 1.29 is 28.2 Å². The molecule has 0 radical (unpaired) electrons. The van der Waals surface area contributed by atoms with Gasteiger partial charge >= 0.3 is 11.9 Å². The highest BCUT2D eigenvalue weighted by Gasteiger charge is 2.41. The van der Waals surface area contributed by atoms with Crippen molar-refractivity contribution in [3.63, 3.8) is 0 Å². The zero-order chi connectivity index (χ0) is 23.5. The lowest BCUT2D eigenvalue weighted by molar-refractivity contribution is -0.153. The number of hydrogen-bond donors (Lipinski definition) is 1. The molecule has 3 heterocycles. The van der Waals surface area contributed by atoms with Gasteiger partial charge in [-0.25, -0.2) is 19.0 Å². The molecule has 0 bridgehead atoms. The average molecular weight is 494 g/mol. The summed E-state index contributed by atoms with van der Waals surface area (Å²) < 4.78 is 30.1. The number of ether oxygens (including phenoxy) is 3. The van der Waals surface area contributed by atoms with E-state index in [0.717, 1.165) is 0 Å². The highest BCUT2D eigenvalue weighted by atomic mass is 35.5. The molecule has 2 aromatic rings. The van der Waals surface area contributed by atoms with Gasteiger partial charge < -0.3 is 19.5 Å². The summed E-state index contributed by atoms with van der Waals surface area (Å²) in [6.07, 6.45) is 1.15. The van der Waals surface area contributed by atoms with Crippen LogP contribution in [0.25, 0.3) is 0 Å². The minimum atomic E-state index is -0.947. The molecule has 1 fully saturated rings. The van der Waals surface area contributed by atoms with E-state index >= 15 is 0 Å². The second kappa shape index (κ2) is 9.98. The topological polar surface area (TPSA) is 99.1 Å². The highest BCUT2D eigenvalue weighted by Crippen LogP contribution is 2.40. The van der Waals surface area contributed by atoms with Gasteiger partial charge in [0.2, 0.25) is 0 Å². The number of thiazole rings is 1. The Bertz CT molecular complexity index is 1120. The van der Waals surface area contributed by atoms with Crippen molar-refractivity contribution in [3.05, 3.63) is 62.5 Å². The van der Waals surface area contributed by atoms with Gasteiger partial charge in [-0.15, -0.1) is 11.3 Å². The molecule has 174 valence electrons. The summed E-state index contributed by atoms with van der Waals surface area (Å²) in [5.74, 6) is -1.71. The maximum absolute atomic E-state index is 14.3. The fraction of sp³-hybridized carbons (Fsp3) is 0.364. The fourth-order valence-corrected chi connectivity index (χ4v) is 4.67. The van der Waals surface area contributed by atoms with E-state index in [1.807, 2.05) is 0 Å². The summed E-state index contributed by atoms with van der Waals surface area (Å²) >= 11 is 7.63. The molecule has 1 N–H and O–H groups in total. The molecular formula is C22H21ClFN3O5S. The normalized spacial score (nSPS) is 22.5. The van der Waals surface area contributed by atoms with Crippen molar-refractivity contribution in [2.45, 2.75) is 25.5 Å². The molecule has 8 nitrogen and oxygen atoms in total. The summed E-state index contributed by atoms with van der Waals surface area (Å²) in [6.45, 7) is 2.12. The molecule has 3 atom stereocenters. The molecule has 1 aromatic carbocycles. The van der Waals surface area contributed by atoms with Crippen molar-refractivity contribution in [2.75, 3.05) is 20.3 Å². The zero-order valence-corrected chi connectivity index (χ0v) is 19.4. The van der Waals surface area contributed by atoms with Crippen LogP contribution in [0.2, 0.25) is 5.02 Å². The van der Waals surface area contributed by atoms with Crippen LogP contribution in [0.4, 0.5) is 4.39 Å². The molecule has 0 amide bonds. The van der Waals surface area contributed by atoms with Gasteiger partial charge in [0.05, 0.1) is 30.9 Å². The first-order valence-electron chi connectivity index (χ1n) is 10.2. The number of amidine groups is 1. The number of methoxy groups -OCH3 is 1. The molecule has 4 rings (SSSR count). The second-order valence-corrected chi connectivity index (χ2v) is 8.58. The lowest BCUT2D eigenvalue weighted by Gasteiger charge is -2.29. The van der Waals surface area contributed by atoms with Gasteiger partial charge in [-0.3, -0.25) is 4.99 Å². The number of aromatic nitrogens is 1. The molecule has 11 heteroatoms. The number of nitrogens with zero attached hydrogens (tertiary/aromatic N) is 2. The van der Waals surface area contributed by atoms with Crippen LogP contribution >= 0.6 is 22.9 Å². The third kappa shape index (κ3) is 4.64. The van der Waals surface area contributed by atoms with Crippen LogP contribution in [-0.2, 0) is 23.8 Å². The first-order chi connectivity index (χ1) is 15.9. The number of esters is 2. The minimum Gasteiger partial charge on any atom is -0.466 e. The smallest absolute Gasteiger partial charge is 0.338 e. The average Bonchev–Trinajstić information content (AvgIpc) is 3.52. The summed E-state index contributed by atoms with van der Waals surface area (Å²) in [7, 11) is 1.25. The molecule has 0 saturated carbocycles. The number of halogens is 2. The number of nitrogens with one attached hydrogen (secondary N) is 1. The number of rotatable bonds is 6.